The molecule has 0 aliphatic carbocycles. The minimum Gasteiger partial charge on any atom is -0.379 e. The molecule has 1 aliphatic rings. The molecule has 0 unspecified atom stereocenters. The zero-order valence-corrected chi connectivity index (χ0v) is 14.5. The molecule has 0 saturated carbocycles. The van der Waals surface area contributed by atoms with Gasteiger partial charge in [0.15, 0.2) is 16.7 Å². The molecule has 0 atom stereocenters. The molecular weight excluding hydrogens is 334 g/mol. The van der Waals surface area contributed by atoms with Crippen LogP contribution in [-0.4, -0.2) is 55.1 Å². The van der Waals surface area contributed by atoms with Crippen molar-refractivity contribution in [1.82, 2.24) is 15.6 Å². The average Bonchev–Trinajstić information content (AvgIpc) is 2.60. The Hall–Kier alpha value is -1.64. The molecule has 8 heteroatoms. The molecule has 0 spiro atoms. The van der Waals surface area contributed by atoms with Crippen LogP contribution in [0.4, 0.5) is 8.78 Å². The van der Waals surface area contributed by atoms with E-state index in [1.807, 2.05) is 0 Å². The van der Waals surface area contributed by atoms with Crippen molar-refractivity contribution in [2.75, 3.05) is 39.4 Å². The molecule has 2 N–H and O–H groups in total. The smallest absolute Gasteiger partial charge is 0.186 e. The Bertz CT molecular complexity index is 591. The van der Waals surface area contributed by atoms with Crippen molar-refractivity contribution in [1.29, 1.82) is 0 Å². The van der Waals surface area contributed by atoms with Crippen LogP contribution >= 0.6 is 12.2 Å². The molecule has 2 rings (SSSR count). The third-order valence-corrected chi connectivity index (χ3v) is 3.94. The molecule has 5 nitrogen and oxygen atoms in total. The number of nitrogens with zero attached hydrogens (tertiary/aromatic N) is 2. The lowest BCUT2D eigenvalue weighted by molar-refractivity contribution is 0.0376. The first-order valence-corrected chi connectivity index (χ1v) is 8.31. The van der Waals surface area contributed by atoms with Gasteiger partial charge in [-0.3, -0.25) is 10.3 Å². The van der Waals surface area contributed by atoms with Crippen LogP contribution < -0.4 is 10.7 Å². The summed E-state index contributed by atoms with van der Waals surface area (Å²) in [5, 5.41) is 7.55. The number of hydrazone groups is 1. The van der Waals surface area contributed by atoms with Crippen LogP contribution in [0.5, 0.6) is 0 Å². The Morgan fingerprint density at radius 2 is 2.04 bits per heavy atom. The highest BCUT2D eigenvalue weighted by atomic mass is 32.1. The van der Waals surface area contributed by atoms with E-state index in [9.17, 15) is 8.78 Å². The van der Waals surface area contributed by atoms with Gasteiger partial charge in [0, 0.05) is 25.2 Å². The summed E-state index contributed by atoms with van der Waals surface area (Å²) < 4.78 is 31.4. The third kappa shape index (κ3) is 6.10. The number of halogens is 2. The number of hydrogen-bond acceptors (Lipinski definition) is 4. The zero-order valence-electron chi connectivity index (χ0n) is 13.6. The first kappa shape index (κ1) is 18.7. The average molecular weight is 356 g/mol. The summed E-state index contributed by atoms with van der Waals surface area (Å²) in [5.41, 5.74) is 3.73. The van der Waals surface area contributed by atoms with E-state index in [4.69, 9.17) is 17.0 Å². The molecule has 1 fully saturated rings. The maximum absolute atomic E-state index is 13.2. The van der Waals surface area contributed by atoms with Gasteiger partial charge in [-0.15, -0.1) is 0 Å². The van der Waals surface area contributed by atoms with E-state index >= 15 is 0 Å². The largest absolute Gasteiger partial charge is 0.379 e. The first-order valence-electron chi connectivity index (χ1n) is 7.90. The Morgan fingerprint density at radius 3 is 2.75 bits per heavy atom. The lowest BCUT2D eigenvalue weighted by atomic mass is 10.1. The van der Waals surface area contributed by atoms with Crippen molar-refractivity contribution < 1.29 is 13.5 Å². The molecule has 1 aromatic carbocycles. The number of ether oxygens (including phenoxy) is 1. The lowest BCUT2D eigenvalue weighted by Crippen LogP contribution is -2.39. The molecule has 0 aromatic heterocycles. The number of thiocarbonyl (C=S) groups is 1. The maximum Gasteiger partial charge on any atom is 0.186 e. The van der Waals surface area contributed by atoms with Crippen LogP contribution in [0.15, 0.2) is 23.3 Å². The molecular formula is C16H22F2N4OS. The number of morpholine rings is 1. The van der Waals surface area contributed by atoms with Crippen molar-refractivity contribution in [3.05, 3.63) is 35.4 Å². The Labute approximate surface area is 146 Å². The highest BCUT2D eigenvalue weighted by molar-refractivity contribution is 7.80. The number of hydrogen-bond donors (Lipinski definition) is 2. The predicted molar refractivity (Wildman–Crippen MR) is 94.2 cm³/mol. The molecule has 0 amide bonds. The fourth-order valence-electron chi connectivity index (χ4n) is 2.29. The van der Waals surface area contributed by atoms with Crippen molar-refractivity contribution >= 4 is 23.0 Å². The predicted octanol–water partition coefficient (Wildman–Crippen LogP) is 1.88. The zero-order chi connectivity index (χ0) is 17.4. The van der Waals surface area contributed by atoms with E-state index in [2.05, 4.69) is 20.7 Å². The van der Waals surface area contributed by atoms with Crippen LogP contribution in [0.3, 0.4) is 0 Å². The molecule has 1 aliphatic heterocycles. The van der Waals surface area contributed by atoms with Crippen LogP contribution in [0, 0.1) is 11.6 Å². The summed E-state index contributed by atoms with van der Waals surface area (Å²) >= 11 is 5.14. The second-order valence-corrected chi connectivity index (χ2v) is 5.91. The van der Waals surface area contributed by atoms with Gasteiger partial charge >= 0.3 is 0 Å². The summed E-state index contributed by atoms with van der Waals surface area (Å²) in [7, 11) is 0. The quantitative estimate of drug-likeness (QED) is 0.353. The van der Waals surface area contributed by atoms with Gasteiger partial charge in [0.25, 0.3) is 0 Å². The van der Waals surface area contributed by atoms with E-state index in [0.717, 1.165) is 57.9 Å². The molecule has 24 heavy (non-hydrogen) atoms. The van der Waals surface area contributed by atoms with Gasteiger partial charge in [0.1, 0.15) is 0 Å². The van der Waals surface area contributed by atoms with Gasteiger partial charge in [0.05, 0.1) is 18.9 Å². The van der Waals surface area contributed by atoms with Gasteiger partial charge < -0.3 is 10.1 Å². The lowest BCUT2D eigenvalue weighted by Gasteiger charge is -2.26. The Morgan fingerprint density at radius 1 is 1.29 bits per heavy atom. The van der Waals surface area contributed by atoms with E-state index in [1.54, 1.807) is 6.92 Å². The number of benzene rings is 1. The van der Waals surface area contributed by atoms with Crippen LogP contribution in [0.2, 0.25) is 0 Å². The topological polar surface area (TPSA) is 48.9 Å². The summed E-state index contributed by atoms with van der Waals surface area (Å²) in [5.74, 6) is -1.78. The minimum absolute atomic E-state index is 0.402. The number of nitrogens with one attached hydrogen (secondary N) is 2. The Balaban J connectivity index is 1.68. The molecule has 1 heterocycles. The normalized spacial score (nSPS) is 16.0. The minimum atomic E-state index is -0.897. The highest BCUT2D eigenvalue weighted by Crippen LogP contribution is 2.09. The molecule has 1 aromatic rings. The van der Waals surface area contributed by atoms with Crippen molar-refractivity contribution in [3.8, 4) is 0 Å². The van der Waals surface area contributed by atoms with Crippen LogP contribution in [0.25, 0.3) is 0 Å². The van der Waals surface area contributed by atoms with Crippen molar-refractivity contribution in [2.24, 2.45) is 5.10 Å². The number of rotatable bonds is 6. The summed E-state index contributed by atoms with van der Waals surface area (Å²) in [4.78, 5) is 2.35. The van der Waals surface area contributed by atoms with Gasteiger partial charge in [-0.05, 0) is 50.3 Å². The summed E-state index contributed by atoms with van der Waals surface area (Å²) in [6.07, 6.45) is 0.966. The Kier molecular flexibility index (Phi) is 7.48. The molecule has 1 saturated heterocycles. The van der Waals surface area contributed by atoms with Gasteiger partial charge in [-0.2, -0.15) is 5.10 Å². The molecule has 0 radical (unpaired) electrons. The second-order valence-electron chi connectivity index (χ2n) is 5.50. The maximum atomic E-state index is 13.2. The standard InChI is InChI=1S/C16H22F2N4OS/c1-12(13-3-4-14(17)15(18)11-13)20-21-16(24)19-5-2-6-22-7-9-23-10-8-22/h3-4,11H,2,5-10H2,1H3,(H2,19,21,24)/b20-12-. The van der Waals surface area contributed by atoms with Gasteiger partial charge in [0.2, 0.25) is 0 Å². The molecule has 0 bridgehead atoms. The van der Waals surface area contributed by atoms with E-state index in [-0.39, 0.29) is 0 Å². The van der Waals surface area contributed by atoms with Gasteiger partial charge in [-0.25, -0.2) is 8.78 Å². The van der Waals surface area contributed by atoms with Crippen molar-refractivity contribution in [2.45, 2.75) is 13.3 Å². The van der Waals surface area contributed by atoms with Crippen LogP contribution in [0.1, 0.15) is 18.9 Å². The monoisotopic (exact) mass is 356 g/mol. The first-order chi connectivity index (χ1) is 11.6. The fraction of sp³-hybridized carbons (Fsp3) is 0.500. The fourth-order valence-corrected chi connectivity index (χ4v) is 2.44. The van der Waals surface area contributed by atoms with Gasteiger partial charge in [-0.1, -0.05) is 0 Å². The van der Waals surface area contributed by atoms with Crippen molar-refractivity contribution in [3.63, 3.8) is 0 Å². The van der Waals surface area contributed by atoms with E-state index < -0.39 is 11.6 Å². The summed E-state index contributed by atoms with van der Waals surface area (Å²) in [6.45, 7) is 6.97. The highest BCUT2D eigenvalue weighted by Gasteiger charge is 2.09. The third-order valence-electron chi connectivity index (χ3n) is 3.70. The molecule has 132 valence electrons. The summed E-state index contributed by atoms with van der Waals surface area (Å²) in [6, 6.07) is 3.65. The van der Waals surface area contributed by atoms with E-state index in [1.165, 1.54) is 6.07 Å². The second kappa shape index (κ2) is 9.61. The SMILES string of the molecule is C/C(=N/NC(=S)NCCCN1CCOCC1)c1ccc(F)c(F)c1. The van der Waals surface area contributed by atoms with E-state index in [0.29, 0.717) is 16.4 Å². The van der Waals surface area contributed by atoms with Crippen LogP contribution in [-0.2, 0) is 4.74 Å².